The summed E-state index contributed by atoms with van der Waals surface area (Å²) in [6.45, 7) is 2.67. The van der Waals surface area contributed by atoms with E-state index >= 15 is 0 Å². The highest BCUT2D eigenvalue weighted by atomic mass is 79.9. The molecule has 1 unspecified atom stereocenters. The molecule has 1 aliphatic rings. The van der Waals surface area contributed by atoms with Crippen molar-refractivity contribution >= 4 is 21.8 Å². The summed E-state index contributed by atoms with van der Waals surface area (Å²) in [7, 11) is 0. The molecule has 104 valence electrons. The van der Waals surface area contributed by atoms with Gasteiger partial charge < -0.3 is 9.73 Å². The van der Waals surface area contributed by atoms with Crippen LogP contribution >= 0.6 is 15.9 Å². The van der Waals surface area contributed by atoms with E-state index in [1.165, 1.54) is 0 Å². The molecule has 1 aromatic heterocycles. The average Bonchev–Trinajstić information content (AvgIpc) is 2.80. The van der Waals surface area contributed by atoms with Crippen molar-refractivity contribution in [3.8, 4) is 0 Å². The molecular formula is C16H16BrNO2. The number of nitrogens with one attached hydrogen (secondary N) is 1. The second-order valence-corrected chi connectivity index (χ2v) is 6.00. The number of benzene rings is 1. The Labute approximate surface area is 126 Å². The van der Waals surface area contributed by atoms with Gasteiger partial charge in [0, 0.05) is 12.1 Å². The van der Waals surface area contributed by atoms with Crippen LogP contribution in [0.4, 0.5) is 0 Å². The predicted molar refractivity (Wildman–Crippen MR) is 81.3 cm³/mol. The zero-order valence-corrected chi connectivity index (χ0v) is 12.9. The van der Waals surface area contributed by atoms with Crippen molar-refractivity contribution < 1.29 is 9.21 Å². The fraction of sp³-hybridized carbons (Fsp3) is 0.312. The van der Waals surface area contributed by atoms with Crippen molar-refractivity contribution in [2.75, 3.05) is 6.54 Å². The van der Waals surface area contributed by atoms with Gasteiger partial charge in [-0.05, 0) is 49.1 Å². The van der Waals surface area contributed by atoms with Crippen LogP contribution in [0, 0.1) is 6.92 Å². The molecule has 0 radical (unpaired) electrons. The van der Waals surface area contributed by atoms with Gasteiger partial charge in [0.1, 0.15) is 11.5 Å². The Morgan fingerprint density at radius 2 is 2.15 bits per heavy atom. The fourth-order valence-corrected chi connectivity index (χ4v) is 3.04. The Balaban J connectivity index is 1.97. The lowest BCUT2D eigenvalue weighted by molar-refractivity contribution is 0.0956. The van der Waals surface area contributed by atoms with Crippen LogP contribution in [0.1, 0.15) is 44.3 Å². The van der Waals surface area contributed by atoms with Crippen molar-refractivity contribution in [3.63, 3.8) is 0 Å². The topological polar surface area (TPSA) is 42.2 Å². The number of rotatable bonds is 2. The van der Waals surface area contributed by atoms with Crippen LogP contribution in [-0.4, -0.2) is 12.5 Å². The second kappa shape index (κ2) is 5.44. The highest BCUT2D eigenvalue weighted by molar-refractivity contribution is 9.09. The molecule has 0 aliphatic carbocycles. The number of carbonyl (C=O) groups excluding carboxylic acids is 1. The van der Waals surface area contributed by atoms with Crippen molar-refractivity contribution in [1.29, 1.82) is 0 Å². The minimum atomic E-state index is -0.0300. The van der Waals surface area contributed by atoms with E-state index in [2.05, 4.69) is 33.4 Å². The molecule has 1 N–H and O–H groups in total. The van der Waals surface area contributed by atoms with Crippen LogP contribution in [0.15, 0.2) is 34.7 Å². The summed E-state index contributed by atoms with van der Waals surface area (Å²) in [5.74, 6) is 1.77. The van der Waals surface area contributed by atoms with Gasteiger partial charge in [0.25, 0.3) is 5.91 Å². The number of carbonyl (C=O) groups is 1. The van der Waals surface area contributed by atoms with E-state index in [4.69, 9.17) is 4.42 Å². The first-order valence-electron chi connectivity index (χ1n) is 6.76. The van der Waals surface area contributed by atoms with Crippen LogP contribution in [-0.2, 0) is 6.42 Å². The third kappa shape index (κ3) is 2.52. The Kier molecular flexibility index (Phi) is 3.66. The fourth-order valence-electron chi connectivity index (χ4n) is 2.51. The van der Waals surface area contributed by atoms with Gasteiger partial charge >= 0.3 is 0 Å². The number of amides is 1. The SMILES string of the molecule is Cc1ccc(C(Br)c2ccc3c(c2)C(=O)NCCC3)o1. The maximum Gasteiger partial charge on any atom is 0.251 e. The van der Waals surface area contributed by atoms with Crippen molar-refractivity contribution in [1.82, 2.24) is 5.32 Å². The lowest BCUT2D eigenvalue weighted by Gasteiger charge is -2.11. The first-order chi connectivity index (χ1) is 9.65. The van der Waals surface area contributed by atoms with Gasteiger partial charge in [-0.2, -0.15) is 0 Å². The summed E-state index contributed by atoms with van der Waals surface area (Å²) in [5, 5.41) is 2.93. The lowest BCUT2D eigenvalue weighted by atomic mass is 9.99. The third-order valence-corrected chi connectivity index (χ3v) is 4.57. The molecule has 0 saturated heterocycles. The summed E-state index contributed by atoms with van der Waals surface area (Å²) in [6.07, 6.45) is 1.94. The molecule has 0 saturated carbocycles. The van der Waals surface area contributed by atoms with Crippen molar-refractivity contribution in [2.45, 2.75) is 24.6 Å². The first kappa shape index (κ1) is 13.4. The monoisotopic (exact) mass is 333 g/mol. The van der Waals surface area contributed by atoms with Crippen LogP contribution in [0.25, 0.3) is 0 Å². The number of alkyl halides is 1. The molecule has 0 bridgehead atoms. The third-order valence-electron chi connectivity index (χ3n) is 3.59. The van der Waals surface area contributed by atoms with Gasteiger partial charge in [-0.3, -0.25) is 4.79 Å². The van der Waals surface area contributed by atoms with Gasteiger partial charge in [-0.1, -0.05) is 28.1 Å². The number of halogens is 1. The van der Waals surface area contributed by atoms with E-state index in [0.717, 1.165) is 47.6 Å². The number of aryl methyl sites for hydroxylation is 2. The molecule has 20 heavy (non-hydrogen) atoms. The maximum atomic E-state index is 12.1. The summed E-state index contributed by atoms with van der Waals surface area (Å²) < 4.78 is 5.65. The zero-order valence-electron chi connectivity index (χ0n) is 11.3. The molecule has 2 heterocycles. The molecule has 0 spiro atoms. The van der Waals surface area contributed by atoms with E-state index in [1.54, 1.807) is 0 Å². The minimum absolute atomic E-state index is 0.0228. The van der Waals surface area contributed by atoms with E-state index in [9.17, 15) is 4.79 Å². The standard InChI is InChI=1S/C16H16BrNO2/c1-10-4-7-14(20-10)15(17)12-6-5-11-3-2-8-18-16(19)13(11)9-12/h4-7,9,15H,2-3,8H2,1H3,(H,18,19). The molecular weight excluding hydrogens is 318 g/mol. The summed E-state index contributed by atoms with van der Waals surface area (Å²) in [5.41, 5.74) is 2.95. The molecule has 2 aromatic rings. The molecule has 3 nitrogen and oxygen atoms in total. The second-order valence-electron chi connectivity index (χ2n) is 5.09. The van der Waals surface area contributed by atoms with E-state index < -0.39 is 0 Å². The minimum Gasteiger partial charge on any atom is -0.465 e. The summed E-state index contributed by atoms with van der Waals surface area (Å²) in [6, 6.07) is 9.99. The largest absolute Gasteiger partial charge is 0.465 e. The maximum absolute atomic E-state index is 12.1. The number of furan rings is 1. The number of hydrogen-bond donors (Lipinski definition) is 1. The molecule has 1 amide bonds. The Morgan fingerprint density at radius 1 is 1.30 bits per heavy atom. The van der Waals surface area contributed by atoms with Crippen molar-refractivity contribution in [2.24, 2.45) is 0 Å². The smallest absolute Gasteiger partial charge is 0.251 e. The van der Waals surface area contributed by atoms with Gasteiger partial charge in [0.05, 0.1) is 4.83 Å². The highest BCUT2D eigenvalue weighted by Crippen LogP contribution is 2.33. The molecule has 1 aliphatic heterocycles. The first-order valence-corrected chi connectivity index (χ1v) is 7.68. The molecule has 3 rings (SSSR count). The van der Waals surface area contributed by atoms with E-state index in [1.807, 2.05) is 25.1 Å². The number of hydrogen-bond acceptors (Lipinski definition) is 2. The number of fused-ring (bicyclic) bond motifs is 1. The summed E-state index contributed by atoms with van der Waals surface area (Å²) in [4.78, 5) is 12.0. The molecule has 1 atom stereocenters. The molecule has 4 heteroatoms. The van der Waals surface area contributed by atoms with E-state index in [-0.39, 0.29) is 10.7 Å². The van der Waals surface area contributed by atoms with Crippen molar-refractivity contribution in [3.05, 3.63) is 58.5 Å². The Morgan fingerprint density at radius 3 is 2.90 bits per heavy atom. The van der Waals surface area contributed by atoms with Gasteiger partial charge in [0.2, 0.25) is 0 Å². The quantitative estimate of drug-likeness (QED) is 0.850. The van der Waals surface area contributed by atoms with E-state index in [0.29, 0.717) is 0 Å². The predicted octanol–water partition coefficient (Wildman–Crippen LogP) is 3.75. The molecule has 0 fully saturated rings. The highest BCUT2D eigenvalue weighted by Gasteiger charge is 2.19. The Bertz CT molecular complexity index is 648. The Hall–Kier alpha value is -1.55. The lowest BCUT2D eigenvalue weighted by Crippen LogP contribution is -2.22. The van der Waals surface area contributed by atoms with Gasteiger partial charge in [0.15, 0.2) is 0 Å². The zero-order chi connectivity index (χ0) is 14.1. The average molecular weight is 334 g/mol. The van der Waals surface area contributed by atoms with Crippen LogP contribution < -0.4 is 5.32 Å². The van der Waals surface area contributed by atoms with Gasteiger partial charge in [-0.15, -0.1) is 0 Å². The summed E-state index contributed by atoms with van der Waals surface area (Å²) >= 11 is 3.65. The van der Waals surface area contributed by atoms with Crippen LogP contribution in [0.5, 0.6) is 0 Å². The van der Waals surface area contributed by atoms with Crippen LogP contribution in [0.2, 0.25) is 0 Å². The van der Waals surface area contributed by atoms with Crippen LogP contribution in [0.3, 0.4) is 0 Å². The normalized spacial score (nSPS) is 16.2. The molecule has 1 aromatic carbocycles. The van der Waals surface area contributed by atoms with Gasteiger partial charge in [-0.25, -0.2) is 0 Å².